The molecule has 6 atom stereocenters. The number of nitrogens with one attached hydrogen (secondary N) is 2. The first-order chi connectivity index (χ1) is 25.7. The third-order valence-corrected chi connectivity index (χ3v) is 13.8. The van der Waals surface area contributed by atoms with Crippen molar-refractivity contribution in [3.05, 3.63) is 59.2 Å². The maximum absolute atomic E-state index is 11.0. The number of aromatic hydroxyl groups is 1. The summed E-state index contributed by atoms with van der Waals surface area (Å²) in [4.78, 5) is 5.57. The number of aliphatic hydroxyl groups excluding tert-OH is 2. The summed E-state index contributed by atoms with van der Waals surface area (Å²) in [7, 11) is 0. The first-order valence-electron chi connectivity index (χ1n) is 21.3. The fraction of sp³-hybridized carbons (Fsp3) is 0.711. The number of benzene rings is 1. The highest BCUT2D eigenvalue weighted by atomic mass is 16.5. The lowest BCUT2D eigenvalue weighted by molar-refractivity contribution is 0.115. The number of hydrogen-bond donors (Lipinski definition) is 5. The number of allylic oxidation sites excluding steroid dienone is 1. The van der Waals surface area contributed by atoms with Crippen LogP contribution >= 0.6 is 0 Å². The van der Waals surface area contributed by atoms with Crippen LogP contribution < -0.4 is 15.4 Å². The van der Waals surface area contributed by atoms with Gasteiger partial charge in [0.2, 0.25) is 0 Å². The van der Waals surface area contributed by atoms with Gasteiger partial charge in [0.25, 0.3) is 0 Å². The van der Waals surface area contributed by atoms with E-state index in [0.717, 1.165) is 87.1 Å². The molecule has 8 nitrogen and oxygen atoms in total. The Hall–Kier alpha value is -2.65. The van der Waals surface area contributed by atoms with Crippen LogP contribution in [-0.4, -0.2) is 71.1 Å². The van der Waals surface area contributed by atoms with Gasteiger partial charge in [-0.3, -0.25) is 5.32 Å². The number of aryl methyl sites for hydroxylation is 1. The van der Waals surface area contributed by atoms with Crippen molar-refractivity contribution >= 4 is 5.71 Å². The molecule has 292 valence electrons. The fourth-order valence-corrected chi connectivity index (χ4v) is 11.1. The van der Waals surface area contributed by atoms with E-state index in [1.54, 1.807) is 6.07 Å². The first-order valence-corrected chi connectivity index (χ1v) is 21.3. The summed E-state index contributed by atoms with van der Waals surface area (Å²) < 4.78 is 12.8. The average molecular weight is 730 g/mol. The Morgan fingerprint density at radius 2 is 1.89 bits per heavy atom. The number of fused-ring (bicyclic) bond motifs is 3. The molecular formula is C45H67N3O5. The molecule has 5 N–H and O–H groups in total. The van der Waals surface area contributed by atoms with E-state index in [-0.39, 0.29) is 36.1 Å². The second-order valence-electron chi connectivity index (χ2n) is 17.8. The molecule has 2 heterocycles. The SMILES string of the molecule is CCCCC1OC(CCc2ccc(O)c(OC[C@H](NC3(C)CCCC3)[C+]3C=C4C(=N3)CC3(CCCC3)[C@H]3CCC[C@H]3[C@@H]4CNC[C@H](C)O)c2)=C[C-]1CO. The van der Waals surface area contributed by atoms with Gasteiger partial charge in [0.05, 0.1) is 24.5 Å². The zero-order valence-corrected chi connectivity index (χ0v) is 32.8. The van der Waals surface area contributed by atoms with E-state index in [2.05, 4.69) is 30.6 Å². The molecule has 8 heteroatoms. The number of aliphatic imine (C=N–C) groups is 1. The molecule has 4 saturated carbocycles. The minimum absolute atomic E-state index is 0.0151. The van der Waals surface area contributed by atoms with Crippen LogP contribution in [0.25, 0.3) is 0 Å². The van der Waals surface area contributed by atoms with Crippen LogP contribution in [0.3, 0.4) is 0 Å². The van der Waals surface area contributed by atoms with Gasteiger partial charge in [0, 0.05) is 31.3 Å². The van der Waals surface area contributed by atoms with E-state index in [1.165, 1.54) is 69.1 Å². The molecule has 1 aromatic rings. The van der Waals surface area contributed by atoms with Gasteiger partial charge < -0.3 is 30.1 Å². The molecule has 7 rings (SSSR count). The number of phenolic OH excluding ortho intramolecular Hbond substituents is 1. The summed E-state index contributed by atoms with van der Waals surface area (Å²) in [6.07, 6.45) is 23.8. The van der Waals surface area contributed by atoms with E-state index < -0.39 is 0 Å². The predicted molar refractivity (Wildman–Crippen MR) is 212 cm³/mol. The van der Waals surface area contributed by atoms with E-state index >= 15 is 0 Å². The van der Waals surface area contributed by atoms with E-state index in [1.807, 2.05) is 25.1 Å². The van der Waals surface area contributed by atoms with E-state index in [4.69, 9.17) is 14.5 Å². The molecule has 0 saturated heterocycles. The Balaban J connectivity index is 1.10. The van der Waals surface area contributed by atoms with Crippen LogP contribution in [0.1, 0.15) is 129 Å². The highest BCUT2D eigenvalue weighted by molar-refractivity contribution is 6.04. The molecule has 1 unspecified atom stereocenters. The minimum atomic E-state index is -0.365. The van der Waals surface area contributed by atoms with Gasteiger partial charge in [-0.15, -0.1) is 4.99 Å². The molecule has 0 aromatic heterocycles. The van der Waals surface area contributed by atoms with Crippen molar-refractivity contribution in [2.45, 2.75) is 154 Å². The third kappa shape index (κ3) is 8.77. The van der Waals surface area contributed by atoms with Crippen LogP contribution in [0.15, 0.2) is 46.7 Å². The summed E-state index contributed by atoms with van der Waals surface area (Å²) in [6.45, 7) is 8.30. The lowest BCUT2D eigenvalue weighted by atomic mass is 9.66. The van der Waals surface area contributed by atoms with Gasteiger partial charge in [0.1, 0.15) is 18.2 Å². The van der Waals surface area contributed by atoms with Gasteiger partial charge in [-0.25, -0.2) is 0 Å². The van der Waals surface area contributed by atoms with Crippen molar-refractivity contribution in [2.24, 2.45) is 28.2 Å². The van der Waals surface area contributed by atoms with Crippen molar-refractivity contribution in [2.75, 3.05) is 26.3 Å². The maximum atomic E-state index is 11.0. The zero-order valence-electron chi connectivity index (χ0n) is 32.8. The topological polar surface area (TPSA) is 116 Å². The van der Waals surface area contributed by atoms with Crippen LogP contribution in [-0.2, 0) is 11.2 Å². The number of ether oxygens (including phenoxy) is 2. The van der Waals surface area contributed by atoms with Crippen molar-refractivity contribution < 1.29 is 24.8 Å². The van der Waals surface area contributed by atoms with Crippen molar-refractivity contribution in [3.63, 3.8) is 0 Å². The second kappa shape index (κ2) is 17.0. The normalized spacial score (nSPS) is 28.3. The highest BCUT2D eigenvalue weighted by Gasteiger charge is 2.57. The Morgan fingerprint density at radius 1 is 1.09 bits per heavy atom. The summed E-state index contributed by atoms with van der Waals surface area (Å²) in [5, 5.41) is 38.7. The van der Waals surface area contributed by atoms with Crippen molar-refractivity contribution in [1.82, 2.24) is 10.6 Å². The first kappa shape index (κ1) is 38.6. The lowest BCUT2D eigenvalue weighted by Crippen LogP contribution is -2.50. The summed E-state index contributed by atoms with van der Waals surface area (Å²) in [6, 6.07) is 6.66. The van der Waals surface area contributed by atoms with E-state index in [9.17, 15) is 15.3 Å². The Morgan fingerprint density at radius 3 is 2.64 bits per heavy atom. The minimum Gasteiger partial charge on any atom is -0.592 e. The summed E-state index contributed by atoms with van der Waals surface area (Å²) in [5.41, 5.74) is 4.19. The van der Waals surface area contributed by atoms with E-state index in [0.29, 0.717) is 36.2 Å². The molecule has 53 heavy (non-hydrogen) atoms. The van der Waals surface area contributed by atoms with Crippen LogP contribution in [0.2, 0.25) is 0 Å². The van der Waals surface area contributed by atoms with Crippen molar-refractivity contribution in [1.29, 1.82) is 0 Å². The molecule has 0 radical (unpaired) electrons. The fourth-order valence-electron chi connectivity index (χ4n) is 11.1. The quantitative estimate of drug-likeness (QED) is 0.104. The molecule has 4 aliphatic carbocycles. The maximum Gasteiger partial charge on any atom is 0.190 e. The number of phenols is 1. The Kier molecular flexibility index (Phi) is 12.4. The van der Waals surface area contributed by atoms with Crippen LogP contribution in [0.4, 0.5) is 0 Å². The number of nitrogens with zero attached hydrogens (tertiary/aromatic N) is 1. The highest BCUT2D eigenvalue weighted by Crippen LogP contribution is 2.60. The number of hydrogen-bond acceptors (Lipinski definition) is 8. The largest absolute Gasteiger partial charge is 0.592 e. The molecule has 0 amide bonds. The zero-order chi connectivity index (χ0) is 37.0. The monoisotopic (exact) mass is 730 g/mol. The molecule has 1 spiro atoms. The smallest absolute Gasteiger partial charge is 0.190 e. The Labute approximate surface area is 319 Å². The van der Waals surface area contributed by atoms with Gasteiger partial charge in [-0.1, -0.05) is 70.1 Å². The summed E-state index contributed by atoms with van der Waals surface area (Å²) in [5.74, 6) is 4.36. The second-order valence-corrected chi connectivity index (χ2v) is 17.8. The van der Waals surface area contributed by atoms with Crippen LogP contribution in [0, 0.1) is 35.1 Å². The lowest BCUT2D eigenvalue weighted by Gasteiger charge is -2.37. The van der Waals surface area contributed by atoms with Crippen molar-refractivity contribution in [3.8, 4) is 11.5 Å². The predicted octanol–water partition coefficient (Wildman–Crippen LogP) is 7.91. The number of rotatable bonds is 17. The van der Waals surface area contributed by atoms with Gasteiger partial charge in [-0.2, -0.15) is 12.0 Å². The molecule has 4 fully saturated rings. The van der Waals surface area contributed by atoms with Gasteiger partial charge in [0.15, 0.2) is 23.3 Å². The van der Waals surface area contributed by atoms with Crippen LogP contribution in [0.5, 0.6) is 11.5 Å². The molecule has 0 bridgehead atoms. The number of unbranched alkanes of at least 4 members (excludes halogenated alkanes) is 1. The van der Waals surface area contributed by atoms with Gasteiger partial charge in [-0.05, 0) is 100 Å². The summed E-state index contributed by atoms with van der Waals surface area (Å²) >= 11 is 0. The molecule has 2 aliphatic heterocycles. The third-order valence-electron chi connectivity index (χ3n) is 13.8. The molecule has 1 aromatic carbocycles. The Bertz CT molecular complexity index is 1470. The standard InChI is InChI=1S/C45H67N3O5/c1-4-5-13-42-32(28-49)23-33(53-42)16-14-31-15-17-41(51)43(22-31)52-29-40(48-44(3)18-6-7-19-44)38-24-35-36(27-46-26-30(2)50)34-11-10-12-37(34)45(20-8-9-21-45)25-39(35)47-38/h15,17,22-24,30,34,36-37,40,42,46,48-51H,4-14,16,18-21,25-29H2,1-3H3/t30-,34-,36-,37-,40-,42?/m0/s1. The van der Waals surface area contributed by atoms with Gasteiger partial charge >= 0.3 is 0 Å². The average Bonchev–Trinajstić information content (AvgIpc) is 3.99. The number of aliphatic hydroxyl groups is 2. The molecule has 6 aliphatic rings. The molecular weight excluding hydrogens is 663 g/mol.